The number of amides is 1. The number of rotatable bonds is 6. The van der Waals surface area contributed by atoms with Gasteiger partial charge < -0.3 is 10.6 Å². The van der Waals surface area contributed by atoms with Gasteiger partial charge in [0.25, 0.3) is 0 Å². The molecule has 1 aliphatic carbocycles. The molecular weight excluding hydrogens is 310 g/mol. The number of hydrogen-bond acceptors (Lipinski definition) is 3. The van der Waals surface area contributed by atoms with Crippen molar-refractivity contribution in [2.75, 3.05) is 5.32 Å². The molecule has 4 nitrogen and oxygen atoms in total. The molecule has 2 aromatic rings. The number of anilines is 1. The van der Waals surface area contributed by atoms with Crippen molar-refractivity contribution in [3.63, 3.8) is 0 Å². The van der Waals surface area contributed by atoms with Gasteiger partial charge in [0.05, 0.1) is 11.6 Å². The number of nitrogens with one attached hydrogen (secondary N) is 2. The first-order valence-corrected chi connectivity index (χ1v) is 8.70. The van der Waals surface area contributed by atoms with Gasteiger partial charge in [0.2, 0.25) is 5.91 Å². The Hall–Kier alpha value is -2.64. The number of benzene rings is 2. The van der Waals surface area contributed by atoms with Crippen LogP contribution in [0.15, 0.2) is 42.5 Å². The topological polar surface area (TPSA) is 64.9 Å². The van der Waals surface area contributed by atoms with Crippen LogP contribution in [0.25, 0.3) is 0 Å². The normalized spacial score (nSPS) is 14.6. The molecule has 0 bridgehead atoms. The summed E-state index contributed by atoms with van der Waals surface area (Å²) in [5.74, 6) is 0.353. The summed E-state index contributed by atoms with van der Waals surface area (Å²) in [5.41, 5.74) is 4.92. The molecule has 1 fully saturated rings. The molecule has 128 valence electrons. The minimum Gasteiger partial charge on any atom is -0.326 e. The second kappa shape index (κ2) is 7.50. The van der Waals surface area contributed by atoms with Crippen LogP contribution in [0.5, 0.6) is 0 Å². The predicted molar refractivity (Wildman–Crippen MR) is 98.9 cm³/mol. The highest BCUT2D eigenvalue weighted by molar-refractivity contribution is 5.94. The standard InChI is InChI=1S/C21H23N3O/c1-14-11-16(3-4-19(14)12-22)13-23-15(2)17-7-9-20(10-8-17)24-21(25)18-5-6-18/h3-4,7-11,15,18,23H,5-6,13H2,1-2H3,(H,24,25). The molecule has 0 heterocycles. The van der Waals surface area contributed by atoms with E-state index in [2.05, 4.69) is 29.7 Å². The van der Waals surface area contributed by atoms with E-state index in [0.29, 0.717) is 0 Å². The van der Waals surface area contributed by atoms with Crippen molar-refractivity contribution in [3.05, 3.63) is 64.7 Å². The minimum atomic E-state index is 0.134. The Bertz CT molecular complexity index is 801. The summed E-state index contributed by atoms with van der Waals surface area (Å²) in [6.45, 7) is 4.82. The molecule has 4 heteroatoms. The molecule has 2 N–H and O–H groups in total. The number of nitriles is 1. The molecule has 0 radical (unpaired) electrons. The van der Waals surface area contributed by atoms with E-state index in [9.17, 15) is 4.79 Å². The zero-order chi connectivity index (χ0) is 17.8. The van der Waals surface area contributed by atoms with Crippen molar-refractivity contribution in [2.45, 2.75) is 39.3 Å². The van der Waals surface area contributed by atoms with E-state index >= 15 is 0 Å². The van der Waals surface area contributed by atoms with Crippen LogP contribution in [0.4, 0.5) is 5.69 Å². The third kappa shape index (κ3) is 4.46. The third-order valence-electron chi connectivity index (χ3n) is 4.65. The van der Waals surface area contributed by atoms with Crippen molar-refractivity contribution in [3.8, 4) is 6.07 Å². The summed E-state index contributed by atoms with van der Waals surface area (Å²) in [7, 11) is 0. The van der Waals surface area contributed by atoms with Crippen LogP contribution in [0, 0.1) is 24.2 Å². The first kappa shape index (κ1) is 17.2. The highest BCUT2D eigenvalue weighted by Crippen LogP contribution is 2.30. The first-order chi connectivity index (χ1) is 12.1. The van der Waals surface area contributed by atoms with Gasteiger partial charge in [-0.25, -0.2) is 0 Å². The van der Waals surface area contributed by atoms with Crippen LogP contribution in [-0.4, -0.2) is 5.91 Å². The van der Waals surface area contributed by atoms with Gasteiger partial charge in [-0.2, -0.15) is 5.26 Å². The molecule has 1 aliphatic rings. The van der Waals surface area contributed by atoms with Gasteiger partial charge in [-0.05, 0) is 61.6 Å². The molecule has 0 aliphatic heterocycles. The second-order valence-corrected chi connectivity index (χ2v) is 6.75. The van der Waals surface area contributed by atoms with Crippen LogP contribution in [0.2, 0.25) is 0 Å². The Labute approximate surface area is 148 Å². The highest BCUT2D eigenvalue weighted by Gasteiger charge is 2.29. The summed E-state index contributed by atoms with van der Waals surface area (Å²) in [6, 6.07) is 16.3. The van der Waals surface area contributed by atoms with Crippen LogP contribution in [0.1, 0.15) is 48.1 Å². The molecule has 1 atom stereocenters. The number of nitrogens with zero attached hydrogens (tertiary/aromatic N) is 1. The van der Waals surface area contributed by atoms with Gasteiger partial charge in [0.1, 0.15) is 0 Å². The van der Waals surface area contributed by atoms with E-state index in [1.165, 1.54) is 5.56 Å². The molecule has 2 aromatic carbocycles. The van der Waals surface area contributed by atoms with Crippen molar-refractivity contribution in [1.29, 1.82) is 5.26 Å². The zero-order valence-corrected chi connectivity index (χ0v) is 14.7. The Morgan fingerprint density at radius 2 is 1.96 bits per heavy atom. The lowest BCUT2D eigenvalue weighted by atomic mass is 10.0. The number of aryl methyl sites for hydroxylation is 1. The van der Waals surface area contributed by atoms with Crippen molar-refractivity contribution in [1.82, 2.24) is 5.32 Å². The second-order valence-electron chi connectivity index (χ2n) is 6.75. The van der Waals surface area contributed by atoms with Gasteiger partial charge in [0.15, 0.2) is 0 Å². The van der Waals surface area contributed by atoms with E-state index in [-0.39, 0.29) is 17.9 Å². The number of hydrogen-bond donors (Lipinski definition) is 2. The van der Waals surface area contributed by atoms with Crippen molar-refractivity contribution >= 4 is 11.6 Å². The molecule has 1 saturated carbocycles. The van der Waals surface area contributed by atoms with Gasteiger partial charge in [0, 0.05) is 24.2 Å². The summed E-state index contributed by atoms with van der Waals surface area (Å²) < 4.78 is 0. The van der Waals surface area contributed by atoms with Crippen LogP contribution in [-0.2, 0) is 11.3 Å². The van der Waals surface area contributed by atoms with Crippen LogP contribution in [0.3, 0.4) is 0 Å². The molecule has 3 rings (SSSR count). The predicted octanol–water partition coefficient (Wildman–Crippen LogP) is 4.07. The Morgan fingerprint density at radius 1 is 1.24 bits per heavy atom. The fourth-order valence-electron chi connectivity index (χ4n) is 2.79. The fraction of sp³-hybridized carbons (Fsp3) is 0.333. The third-order valence-corrected chi connectivity index (χ3v) is 4.65. The van der Waals surface area contributed by atoms with E-state index < -0.39 is 0 Å². The van der Waals surface area contributed by atoms with Gasteiger partial charge in [-0.15, -0.1) is 0 Å². The number of carbonyl (C=O) groups excluding carboxylic acids is 1. The molecule has 25 heavy (non-hydrogen) atoms. The summed E-state index contributed by atoms with van der Waals surface area (Å²) >= 11 is 0. The fourth-order valence-corrected chi connectivity index (χ4v) is 2.79. The smallest absolute Gasteiger partial charge is 0.227 e. The molecule has 0 spiro atoms. The quantitative estimate of drug-likeness (QED) is 0.837. The van der Waals surface area contributed by atoms with Crippen LogP contribution < -0.4 is 10.6 Å². The highest BCUT2D eigenvalue weighted by atomic mass is 16.2. The molecule has 0 aromatic heterocycles. The first-order valence-electron chi connectivity index (χ1n) is 8.70. The van der Waals surface area contributed by atoms with Gasteiger partial charge in [-0.1, -0.05) is 24.3 Å². The van der Waals surface area contributed by atoms with Gasteiger partial charge in [-0.3, -0.25) is 4.79 Å². The molecule has 1 unspecified atom stereocenters. The Kier molecular flexibility index (Phi) is 5.16. The lowest BCUT2D eigenvalue weighted by molar-refractivity contribution is -0.117. The SMILES string of the molecule is Cc1cc(CNC(C)c2ccc(NC(=O)C3CC3)cc2)ccc1C#N. The van der Waals surface area contributed by atoms with E-state index in [0.717, 1.165) is 41.8 Å². The summed E-state index contributed by atoms with van der Waals surface area (Å²) in [6.07, 6.45) is 2.03. The summed E-state index contributed by atoms with van der Waals surface area (Å²) in [4.78, 5) is 11.8. The minimum absolute atomic E-state index is 0.134. The molecule has 0 saturated heterocycles. The van der Waals surface area contributed by atoms with Crippen LogP contribution >= 0.6 is 0 Å². The average Bonchev–Trinajstić information content (AvgIpc) is 3.45. The monoisotopic (exact) mass is 333 g/mol. The maximum atomic E-state index is 11.8. The van der Waals surface area contributed by atoms with E-state index in [1.54, 1.807) is 0 Å². The Morgan fingerprint density at radius 3 is 2.56 bits per heavy atom. The largest absolute Gasteiger partial charge is 0.326 e. The lowest BCUT2D eigenvalue weighted by Gasteiger charge is -2.15. The maximum absolute atomic E-state index is 11.8. The molecular formula is C21H23N3O. The van der Waals surface area contributed by atoms with E-state index in [4.69, 9.17) is 5.26 Å². The lowest BCUT2D eigenvalue weighted by Crippen LogP contribution is -2.18. The average molecular weight is 333 g/mol. The molecule has 1 amide bonds. The van der Waals surface area contributed by atoms with E-state index in [1.807, 2.05) is 43.3 Å². The number of carbonyl (C=O) groups is 1. The van der Waals surface area contributed by atoms with Crippen molar-refractivity contribution in [2.24, 2.45) is 5.92 Å². The van der Waals surface area contributed by atoms with Gasteiger partial charge >= 0.3 is 0 Å². The maximum Gasteiger partial charge on any atom is 0.227 e. The zero-order valence-electron chi connectivity index (χ0n) is 14.7. The summed E-state index contributed by atoms with van der Waals surface area (Å²) in [5, 5.41) is 15.5. The Balaban J connectivity index is 1.55. The van der Waals surface area contributed by atoms with Crippen molar-refractivity contribution < 1.29 is 4.79 Å².